The first-order valence-electron chi connectivity index (χ1n) is 10.2. The highest BCUT2D eigenvalue weighted by Gasteiger charge is 2.25. The maximum Gasteiger partial charge on any atom is 0.247 e. The van der Waals surface area contributed by atoms with Gasteiger partial charge in [-0.1, -0.05) is 6.58 Å². The van der Waals surface area contributed by atoms with Crippen LogP contribution in [0.15, 0.2) is 61.6 Å². The molecule has 32 heavy (non-hydrogen) atoms. The zero-order valence-corrected chi connectivity index (χ0v) is 17.1. The van der Waals surface area contributed by atoms with Gasteiger partial charge in [0, 0.05) is 41.8 Å². The van der Waals surface area contributed by atoms with Gasteiger partial charge in [-0.25, -0.2) is 24.3 Å². The minimum absolute atomic E-state index is 0.143. The Morgan fingerprint density at radius 1 is 1.16 bits per heavy atom. The largest absolute Gasteiger partial charge is 0.354 e. The van der Waals surface area contributed by atoms with E-state index in [1.807, 2.05) is 18.2 Å². The van der Waals surface area contributed by atoms with E-state index in [1.165, 1.54) is 24.5 Å². The van der Waals surface area contributed by atoms with Crippen LogP contribution in [0.5, 0.6) is 0 Å². The van der Waals surface area contributed by atoms with Crippen LogP contribution >= 0.6 is 0 Å². The van der Waals surface area contributed by atoms with Crippen molar-refractivity contribution in [1.29, 1.82) is 0 Å². The number of carbonyl (C=O) groups is 1. The molecule has 1 aliphatic heterocycles. The van der Waals surface area contributed by atoms with Crippen LogP contribution in [-0.4, -0.2) is 45.0 Å². The van der Waals surface area contributed by atoms with E-state index in [2.05, 4.69) is 42.0 Å². The van der Waals surface area contributed by atoms with Crippen molar-refractivity contribution in [3.05, 3.63) is 67.4 Å². The van der Waals surface area contributed by atoms with Crippen LogP contribution in [-0.2, 0) is 4.79 Å². The van der Waals surface area contributed by atoms with Crippen molar-refractivity contribution in [1.82, 2.24) is 19.9 Å². The molecule has 1 saturated heterocycles. The fourth-order valence-electron chi connectivity index (χ4n) is 3.89. The van der Waals surface area contributed by atoms with Gasteiger partial charge in [0.1, 0.15) is 18.0 Å². The number of anilines is 3. The summed E-state index contributed by atoms with van der Waals surface area (Å²) in [6, 6.07) is 10.2. The molecule has 0 saturated carbocycles. The van der Waals surface area contributed by atoms with Crippen molar-refractivity contribution in [2.45, 2.75) is 12.5 Å². The third-order valence-corrected chi connectivity index (χ3v) is 5.43. The summed E-state index contributed by atoms with van der Waals surface area (Å²) in [5.41, 5.74) is 2.10. The van der Waals surface area contributed by atoms with Gasteiger partial charge in [-0.3, -0.25) is 4.79 Å². The molecule has 160 valence electrons. The number of nitrogens with one attached hydrogen (secondary N) is 2. The molecule has 0 radical (unpaired) electrons. The summed E-state index contributed by atoms with van der Waals surface area (Å²) >= 11 is 0. The Balaban J connectivity index is 1.33. The third-order valence-electron chi connectivity index (χ3n) is 5.43. The standard InChI is InChI=1S/C23H20FN7O/c1-2-21(32)28-16-4-5-18-20(10-16)26-13-27-22(18)31-8-7-17(12-31)29-23-25-11-14-9-15(24)3-6-19(14)30-23/h2-6,9-11,13,17H,1,7-8,12H2,(H,28,32)(H,25,29,30)/t17-/m1/s1. The van der Waals surface area contributed by atoms with Crippen LogP contribution in [0.25, 0.3) is 21.8 Å². The van der Waals surface area contributed by atoms with Gasteiger partial charge in [0.05, 0.1) is 11.0 Å². The minimum atomic E-state index is -0.305. The average molecular weight is 429 g/mol. The molecule has 1 fully saturated rings. The maximum atomic E-state index is 13.4. The quantitative estimate of drug-likeness (QED) is 0.469. The molecule has 2 aromatic heterocycles. The highest BCUT2D eigenvalue weighted by Crippen LogP contribution is 2.28. The van der Waals surface area contributed by atoms with E-state index in [-0.39, 0.29) is 17.8 Å². The molecule has 0 spiro atoms. The molecule has 0 aliphatic carbocycles. The predicted octanol–water partition coefficient (Wildman–Crippen LogP) is 3.53. The van der Waals surface area contributed by atoms with Crippen molar-refractivity contribution in [3.8, 4) is 0 Å². The van der Waals surface area contributed by atoms with E-state index >= 15 is 0 Å². The summed E-state index contributed by atoms with van der Waals surface area (Å²) < 4.78 is 13.4. The fourth-order valence-corrected chi connectivity index (χ4v) is 3.89. The zero-order valence-electron chi connectivity index (χ0n) is 17.1. The van der Waals surface area contributed by atoms with Crippen LogP contribution < -0.4 is 15.5 Å². The van der Waals surface area contributed by atoms with E-state index < -0.39 is 0 Å². The summed E-state index contributed by atoms with van der Waals surface area (Å²) in [5.74, 6) is 0.788. The Kier molecular flexibility index (Phi) is 5.06. The lowest BCUT2D eigenvalue weighted by atomic mass is 10.2. The van der Waals surface area contributed by atoms with Gasteiger partial charge < -0.3 is 15.5 Å². The van der Waals surface area contributed by atoms with Crippen molar-refractivity contribution in [3.63, 3.8) is 0 Å². The second-order valence-electron chi connectivity index (χ2n) is 7.60. The number of nitrogens with zero attached hydrogens (tertiary/aromatic N) is 5. The second-order valence-corrected chi connectivity index (χ2v) is 7.60. The van der Waals surface area contributed by atoms with Gasteiger partial charge in [-0.2, -0.15) is 0 Å². The normalized spacial score (nSPS) is 15.8. The van der Waals surface area contributed by atoms with Gasteiger partial charge >= 0.3 is 0 Å². The third kappa shape index (κ3) is 3.92. The molecule has 9 heteroatoms. The maximum absolute atomic E-state index is 13.4. The van der Waals surface area contributed by atoms with Crippen LogP contribution in [0.4, 0.5) is 21.8 Å². The number of benzene rings is 2. The Bertz CT molecular complexity index is 1340. The van der Waals surface area contributed by atoms with Crippen molar-refractivity contribution in [2.75, 3.05) is 28.6 Å². The second kappa shape index (κ2) is 8.18. The van der Waals surface area contributed by atoms with Crippen molar-refractivity contribution >= 4 is 45.2 Å². The van der Waals surface area contributed by atoms with Crippen molar-refractivity contribution in [2.24, 2.45) is 0 Å². The zero-order chi connectivity index (χ0) is 22.1. The number of amides is 1. The summed E-state index contributed by atoms with van der Waals surface area (Å²) in [7, 11) is 0. The first-order chi connectivity index (χ1) is 15.6. The number of halogens is 1. The van der Waals surface area contributed by atoms with Gasteiger partial charge in [0.25, 0.3) is 0 Å². The molecular weight excluding hydrogens is 409 g/mol. The molecule has 3 heterocycles. The first kappa shape index (κ1) is 19.8. The monoisotopic (exact) mass is 429 g/mol. The topological polar surface area (TPSA) is 95.9 Å². The molecule has 0 bridgehead atoms. The smallest absolute Gasteiger partial charge is 0.247 e. The molecule has 4 aromatic rings. The number of carbonyl (C=O) groups excluding carboxylic acids is 1. The van der Waals surface area contributed by atoms with Crippen LogP contribution in [0.1, 0.15) is 6.42 Å². The summed E-state index contributed by atoms with van der Waals surface area (Å²) in [4.78, 5) is 31.4. The molecule has 1 amide bonds. The Hall–Kier alpha value is -4.14. The molecule has 2 aromatic carbocycles. The summed E-state index contributed by atoms with van der Waals surface area (Å²) in [6.45, 7) is 5.01. The van der Waals surface area contributed by atoms with Crippen molar-refractivity contribution < 1.29 is 9.18 Å². The molecule has 1 atom stereocenters. The van der Waals surface area contributed by atoms with Gasteiger partial charge in [-0.05, 0) is 48.9 Å². The van der Waals surface area contributed by atoms with Crippen LogP contribution in [0.3, 0.4) is 0 Å². The van der Waals surface area contributed by atoms with E-state index in [1.54, 1.807) is 12.3 Å². The molecule has 5 rings (SSSR count). The lowest BCUT2D eigenvalue weighted by Gasteiger charge is -2.19. The van der Waals surface area contributed by atoms with Crippen LogP contribution in [0.2, 0.25) is 0 Å². The molecule has 1 aliphatic rings. The summed E-state index contributed by atoms with van der Waals surface area (Å²) in [5, 5.41) is 7.70. The highest BCUT2D eigenvalue weighted by atomic mass is 19.1. The van der Waals surface area contributed by atoms with E-state index in [0.29, 0.717) is 22.5 Å². The number of fused-ring (bicyclic) bond motifs is 2. The van der Waals surface area contributed by atoms with Gasteiger partial charge in [-0.15, -0.1) is 0 Å². The summed E-state index contributed by atoms with van der Waals surface area (Å²) in [6.07, 6.45) is 5.28. The van der Waals surface area contributed by atoms with Crippen LogP contribution in [0, 0.1) is 5.82 Å². The Morgan fingerprint density at radius 2 is 2.06 bits per heavy atom. The number of rotatable bonds is 5. The Labute approximate surface area is 183 Å². The molecular formula is C23H20FN7O. The molecule has 8 nitrogen and oxygen atoms in total. The number of hydrogen-bond acceptors (Lipinski definition) is 7. The van der Waals surface area contributed by atoms with Gasteiger partial charge in [0.15, 0.2) is 0 Å². The van der Waals surface area contributed by atoms with E-state index in [9.17, 15) is 9.18 Å². The number of hydrogen-bond donors (Lipinski definition) is 2. The first-order valence-corrected chi connectivity index (χ1v) is 10.2. The van der Waals surface area contributed by atoms with Gasteiger partial charge in [0.2, 0.25) is 11.9 Å². The number of aromatic nitrogens is 4. The fraction of sp³-hybridized carbons (Fsp3) is 0.174. The minimum Gasteiger partial charge on any atom is -0.354 e. The molecule has 0 unspecified atom stereocenters. The van der Waals surface area contributed by atoms with E-state index in [0.717, 1.165) is 36.2 Å². The molecule has 2 N–H and O–H groups in total. The lowest BCUT2D eigenvalue weighted by molar-refractivity contribution is -0.111. The average Bonchev–Trinajstić information content (AvgIpc) is 3.26. The highest BCUT2D eigenvalue weighted by molar-refractivity contribution is 6.01. The predicted molar refractivity (Wildman–Crippen MR) is 122 cm³/mol. The van der Waals surface area contributed by atoms with E-state index in [4.69, 9.17) is 0 Å². The lowest BCUT2D eigenvalue weighted by Crippen LogP contribution is -2.27. The SMILES string of the molecule is C=CC(=O)Nc1ccc2c(N3CC[C@@H](Nc4ncc5cc(F)ccc5n4)C3)ncnc2c1. The Morgan fingerprint density at radius 3 is 2.94 bits per heavy atom.